The second-order valence-corrected chi connectivity index (χ2v) is 7.24. The highest BCUT2D eigenvalue weighted by Crippen LogP contribution is 2.39. The highest BCUT2D eigenvalue weighted by atomic mass is 19.4. The molecule has 2 fully saturated rings. The molecule has 0 saturated carbocycles. The number of nitrogens with one attached hydrogen (secondary N) is 1. The van der Waals surface area contributed by atoms with E-state index >= 15 is 0 Å². The third-order valence-corrected chi connectivity index (χ3v) is 4.18. The van der Waals surface area contributed by atoms with E-state index in [0.29, 0.717) is 13.0 Å². The van der Waals surface area contributed by atoms with E-state index in [1.54, 1.807) is 21.0 Å². The zero-order valence-electron chi connectivity index (χ0n) is 17.0. The molecule has 0 aromatic heterocycles. The van der Waals surface area contributed by atoms with Gasteiger partial charge in [0.05, 0.1) is 0 Å². The molecular weight excluding hydrogens is 417 g/mol. The Morgan fingerprint density at radius 1 is 1.27 bits per heavy atom. The van der Waals surface area contributed by atoms with E-state index in [2.05, 4.69) is 5.32 Å². The van der Waals surface area contributed by atoms with E-state index in [9.17, 15) is 22.8 Å². The van der Waals surface area contributed by atoms with Gasteiger partial charge in [0.15, 0.2) is 12.1 Å². The molecule has 2 aliphatic heterocycles. The molecule has 0 bridgehead atoms. The third kappa shape index (κ3) is 7.80. The van der Waals surface area contributed by atoms with Gasteiger partial charge in [-0.15, -0.1) is 0 Å². The Labute approximate surface area is 171 Å². The van der Waals surface area contributed by atoms with Gasteiger partial charge < -0.3 is 35.1 Å². The van der Waals surface area contributed by atoms with E-state index in [-0.39, 0.29) is 24.2 Å². The number of halogens is 3. The zero-order valence-corrected chi connectivity index (χ0v) is 17.0. The van der Waals surface area contributed by atoms with Crippen molar-refractivity contribution in [3.05, 3.63) is 0 Å². The highest BCUT2D eigenvalue weighted by molar-refractivity contribution is 5.79. The van der Waals surface area contributed by atoms with Gasteiger partial charge in [0.1, 0.15) is 24.1 Å². The van der Waals surface area contributed by atoms with Crippen molar-refractivity contribution in [1.29, 1.82) is 0 Å². The summed E-state index contributed by atoms with van der Waals surface area (Å²) in [4.78, 5) is 31.6. The Balaban J connectivity index is 0.000000553. The summed E-state index contributed by atoms with van der Waals surface area (Å²) in [5.74, 6) is -3.69. The molecule has 13 heteroatoms. The van der Waals surface area contributed by atoms with Crippen molar-refractivity contribution in [2.24, 2.45) is 5.73 Å². The van der Waals surface area contributed by atoms with Crippen molar-refractivity contribution in [1.82, 2.24) is 5.32 Å². The summed E-state index contributed by atoms with van der Waals surface area (Å²) < 4.78 is 54.4. The number of amides is 1. The van der Waals surface area contributed by atoms with E-state index in [1.807, 2.05) is 0 Å². The van der Waals surface area contributed by atoms with Crippen molar-refractivity contribution in [3.63, 3.8) is 0 Å². The average molecular weight is 444 g/mol. The Kier molecular flexibility index (Phi) is 9.17. The fraction of sp³-hybridized carbons (Fsp3) is 0.824. The van der Waals surface area contributed by atoms with Crippen LogP contribution in [0.3, 0.4) is 0 Å². The van der Waals surface area contributed by atoms with Gasteiger partial charge in [-0.1, -0.05) is 0 Å². The number of fused-ring (bicyclic) bond motifs is 1. The summed E-state index contributed by atoms with van der Waals surface area (Å²) in [6.45, 7) is 5.40. The van der Waals surface area contributed by atoms with Crippen LogP contribution in [0.2, 0.25) is 0 Å². The summed E-state index contributed by atoms with van der Waals surface area (Å²) in [5, 5.41) is 9.79. The molecule has 174 valence electrons. The maximum absolute atomic E-state index is 11.9. The van der Waals surface area contributed by atoms with Gasteiger partial charge in [0, 0.05) is 32.5 Å². The molecule has 2 rings (SSSR count). The van der Waals surface area contributed by atoms with Gasteiger partial charge in [-0.2, -0.15) is 13.2 Å². The van der Waals surface area contributed by atoms with Crippen molar-refractivity contribution in [2.75, 3.05) is 13.7 Å². The normalized spacial score (nSPS) is 28.1. The quantitative estimate of drug-likeness (QED) is 0.505. The van der Waals surface area contributed by atoms with Crippen molar-refractivity contribution in [3.8, 4) is 0 Å². The number of carboxylic acids is 1. The first-order valence-electron chi connectivity index (χ1n) is 9.03. The Morgan fingerprint density at radius 2 is 1.83 bits per heavy atom. The molecule has 10 nitrogen and oxygen atoms in total. The molecule has 2 aliphatic rings. The molecule has 0 aliphatic carbocycles. The van der Waals surface area contributed by atoms with Gasteiger partial charge in [-0.3, -0.25) is 9.59 Å². The van der Waals surface area contributed by atoms with E-state index in [1.165, 1.54) is 6.92 Å². The molecule has 0 spiro atoms. The van der Waals surface area contributed by atoms with Crippen LogP contribution in [-0.2, 0) is 33.3 Å². The predicted molar refractivity (Wildman–Crippen MR) is 94.1 cm³/mol. The zero-order chi connectivity index (χ0) is 23.3. The van der Waals surface area contributed by atoms with Crippen LogP contribution in [-0.4, -0.2) is 79.0 Å². The molecule has 2 heterocycles. The minimum Gasteiger partial charge on any atom is -0.475 e. The van der Waals surface area contributed by atoms with Crippen LogP contribution in [0.1, 0.15) is 33.6 Å². The molecule has 0 aromatic carbocycles. The maximum atomic E-state index is 11.9. The number of nitrogens with two attached hydrogens (primary N) is 1. The SMILES string of the molecule is CO[C@@H]1[C@H]2OC(C)(C)O[C@H]2O[C@@H]1C(N)CC(=O)NCCC(C)=O.O=C(O)C(F)(F)F. The van der Waals surface area contributed by atoms with Crippen LogP contribution >= 0.6 is 0 Å². The summed E-state index contributed by atoms with van der Waals surface area (Å²) >= 11 is 0. The maximum Gasteiger partial charge on any atom is 0.490 e. The van der Waals surface area contributed by atoms with Gasteiger partial charge in [0.2, 0.25) is 5.91 Å². The molecule has 1 unspecified atom stereocenters. The summed E-state index contributed by atoms with van der Waals surface area (Å²) in [5.41, 5.74) is 6.10. The lowest BCUT2D eigenvalue weighted by molar-refractivity contribution is -0.219. The lowest BCUT2D eigenvalue weighted by atomic mass is 10.0. The van der Waals surface area contributed by atoms with E-state index < -0.39 is 42.5 Å². The molecule has 2 saturated heterocycles. The lowest BCUT2D eigenvalue weighted by Crippen LogP contribution is -2.48. The summed E-state index contributed by atoms with van der Waals surface area (Å²) in [6.07, 6.45) is -6.52. The first-order chi connectivity index (χ1) is 13.7. The number of hydrogen-bond acceptors (Lipinski definition) is 8. The number of rotatable bonds is 7. The fourth-order valence-electron chi connectivity index (χ4n) is 2.90. The lowest BCUT2D eigenvalue weighted by Gasteiger charge is -2.28. The Bertz CT molecular complexity index is 629. The first kappa shape index (κ1) is 26.2. The Morgan fingerprint density at radius 3 is 2.30 bits per heavy atom. The second-order valence-electron chi connectivity index (χ2n) is 7.24. The molecule has 0 radical (unpaired) electrons. The number of ether oxygens (including phenoxy) is 4. The van der Waals surface area contributed by atoms with Gasteiger partial charge in [-0.05, 0) is 20.8 Å². The molecule has 30 heavy (non-hydrogen) atoms. The number of hydrogen-bond donors (Lipinski definition) is 3. The third-order valence-electron chi connectivity index (χ3n) is 4.18. The van der Waals surface area contributed by atoms with Gasteiger partial charge >= 0.3 is 12.1 Å². The molecular formula is C17H27F3N2O8. The van der Waals surface area contributed by atoms with Crippen LogP contribution < -0.4 is 11.1 Å². The number of alkyl halides is 3. The topological polar surface area (TPSA) is 146 Å². The van der Waals surface area contributed by atoms with Crippen LogP contribution in [0.4, 0.5) is 13.2 Å². The van der Waals surface area contributed by atoms with E-state index in [0.717, 1.165) is 0 Å². The van der Waals surface area contributed by atoms with Crippen LogP contribution in [0, 0.1) is 0 Å². The summed E-state index contributed by atoms with van der Waals surface area (Å²) in [6, 6.07) is -0.557. The fourth-order valence-corrected chi connectivity index (χ4v) is 2.90. The number of carboxylic acid groups (broad SMARTS) is 1. The predicted octanol–water partition coefficient (Wildman–Crippen LogP) is 0.324. The number of aliphatic carboxylic acids is 1. The average Bonchev–Trinajstić information content (AvgIpc) is 3.05. The molecule has 5 atom stereocenters. The second kappa shape index (κ2) is 10.5. The van der Waals surface area contributed by atoms with Crippen molar-refractivity contribution < 1.29 is 51.6 Å². The van der Waals surface area contributed by atoms with Gasteiger partial charge in [-0.25, -0.2) is 4.79 Å². The number of carbonyl (C=O) groups excluding carboxylic acids is 2. The molecule has 4 N–H and O–H groups in total. The minimum absolute atomic E-state index is 0.0258. The minimum atomic E-state index is -5.08. The van der Waals surface area contributed by atoms with Crippen molar-refractivity contribution >= 4 is 17.7 Å². The number of Topliss-reactive ketones (excluding diaryl/α,β-unsaturated/α-hetero) is 1. The van der Waals surface area contributed by atoms with Crippen molar-refractivity contribution in [2.45, 2.75) is 76.2 Å². The van der Waals surface area contributed by atoms with E-state index in [4.69, 9.17) is 34.6 Å². The number of methoxy groups -OCH3 is 1. The first-order valence-corrected chi connectivity index (χ1v) is 9.03. The van der Waals surface area contributed by atoms with Crippen LogP contribution in [0.15, 0.2) is 0 Å². The number of carbonyl (C=O) groups is 3. The molecule has 1 amide bonds. The molecule has 0 aromatic rings. The van der Waals surface area contributed by atoms with Crippen LogP contribution in [0.25, 0.3) is 0 Å². The van der Waals surface area contributed by atoms with Gasteiger partial charge in [0.25, 0.3) is 0 Å². The Hall–Kier alpha value is -1.80. The number of ketones is 1. The monoisotopic (exact) mass is 444 g/mol. The highest BCUT2D eigenvalue weighted by Gasteiger charge is 2.56. The largest absolute Gasteiger partial charge is 0.490 e. The summed E-state index contributed by atoms with van der Waals surface area (Å²) in [7, 11) is 1.55. The smallest absolute Gasteiger partial charge is 0.475 e. The van der Waals surface area contributed by atoms with Crippen LogP contribution in [0.5, 0.6) is 0 Å². The standard InChI is InChI=1S/C15H26N2O6.C2HF3O2/c1-8(18)5-6-17-10(19)7-9(16)11-12(20-4)13-14(21-11)23-15(2,3)22-13;3-2(4,5)1(6)7/h9,11-14H,5-7,16H2,1-4H3,(H,17,19);(H,6,7)/t9?,11-,12+,13-,14-;/m1./s1.